The summed E-state index contributed by atoms with van der Waals surface area (Å²) in [5.74, 6) is -1.09. The lowest BCUT2D eigenvalue weighted by molar-refractivity contribution is -0.114. The molecule has 102 valence electrons. The monoisotopic (exact) mass is 304 g/mol. The van der Waals surface area contributed by atoms with Gasteiger partial charge in [-0.05, 0) is 6.07 Å². The topological polar surface area (TPSA) is 98.4 Å². The molecule has 0 saturated carbocycles. The number of oxazole rings is 1. The van der Waals surface area contributed by atoms with E-state index in [0.29, 0.717) is 0 Å². The van der Waals surface area contributed by atoms with E-state index in [1.165, 1.54) is 20.0 Å². The Morgan fingerprint density at radius 1 is 1.42 bits per heavy atom. The number of hydrogen-bond acceptors (Lipinski definition) is 5. The summed E-state index contributed by atoms with van der Waals surface area (Å²) >= 11 is 0. The second kappa shape index (κ2) is 4.39. The zero-order chi connectivity index (χ0) is 14.4. The molecule has 0 atom stereocenters. The number of amides is 1. The van der Waals surface area contributed by atoms with Crippen LogP contribution >= 0.6 is 10.7 Å². The quantitative estimate of drug-likeness (QED) is 0.835. The summed E-state index contributed by atoms with van der Waals surface area (Å²) in [6.45, 7) is 1.26. The van der Waals surface area contributed by atoms with Gasteiger partial charge in [-0.2, -0.15) is 0 Å². The highest BCUT2D eigenvalue weighted by atomic mass is 35.7. The van der Waals surface area contributed by atoms with Crippen molar-refractivity contribution < 1.29 is 17.6 Å². The molecule has 19 heavy (non-hydrogen) atoms. The lowest BCUT2D eigenvalue weighted by Gasteiger charge is -2.06. The van der Waals surface area contributed by atoms with E-state index in [9.17, 15) is 18.0 Å². The smallest absolute Gasteiger partial charge is 0.408 e. The summed E-state index contributed by atoms with van der Waals surface area (Å²) in [5, 5.41) is 2.43. The van der Waals surface area contributed by atoms with Gasteiger partial charge in [0.25, 0.3) is 9.05 Å². The van der Waals surface area contributed by atoms with Gasteiger partial charge in [0.15, 0.2) is 5.58 Å². The van der Waals surface area contributed by atoms with Gasteiger partial charge in [0, 0.05) is 30.7 Å². The fourth-order valence-electron chi connectivity index (χ4n) is 1.69. The first-order valence-electron chi connectivity index (χ1n) is 5.06. The molecule has 1 aromatic carbocycles. The minimum absolute atomic E-state index is 0.0259. The van der Waals surface area contributed by atoms with Crippen molar-refractivity contribution in [1.82, 2.24) is 4.57 Å². The lowest BCUT2D eigenvalue weighted by Crippen LogP contribution is -2.12. The molecule has 2 rings (SSSR count). The highest BCUT2D eigenvalue weighted by Crippen LogP contribution is 2.28. The molecule has 0 fully saturated rings. The number of benzene rings is 1. The van der Waals surface area contributed by atoms with Gasteiger partial charge in [0.05, 0.1) is 10.6 Å². The number of carbonyl (C=O) groups excluding carboxylic acids is 1. The Bertz CT molecular complexity index is 833. The van der Waals surface area contributed by atoms with Crippen molar-refractivity contribution in [3.63, 3.8) is 0 Å². The number of rotatable bonds is 2. The Morgan fingerprint density at radius 3 is 2.58 bits per heavy atom. The van der Waals surface area contributed by atoms with Crippen molar-refractivity contribution in [3.8, 4) is 0 Å². The fraction of sp³-hybridized carbons (Fsp3) is 0.200. The summed E-state index contributed by atoms with van der Waals surface area (Å²) in [6.07, 6.45) is 0. The predicted molar refractivity (Wildman–Crippen MR) is 68.8 cm³/mol. The van der Waals surface area contributed by atoms with Crippen LogP contribution in [0.2, 0.25) is 0 Å². The van der Waals surface area contributed by atoms with E-state index in [4.69, 9.17) is 15.1 Å². The Hall–Kier alpha value is -1.80. The maximum atomic E-state index is 11.4. The van der Waals surface area contributed by atoms with Crippen LogP contribution in [0.3, 0.4) is 0 Å². The molecule has 0 unspecified atom stereocenters. The summed E-state index contributed by atoms with van der Waals surface area (Å²) in [6, 6.07) is 2.30. The van der Waals surface area contributed by atoms with Crippen molar-refractivity contribution >= 4 is 42.4 Å². The van der Waals surface area contributed by atoms with Gasteiger partial charge in [0.2, 0.25) is 5.91 Å². The molecule has 0 aliphatic rings. The Kier molecular flexibility index (Phi) is 3.15. The molecule has 0 aliphatic heterocycles. The van der Waals surface area contributed by atoms with Crippen LogP contribution < -0.4 is 11.1 Å². The molecule has 0 spiro atoms. The molecule has 0 bridgehead atoms. The SMILES string of the molecule is CC(=O)Nc1cc(S(=O)(=O)Cl)cc2oc(=O)n(C)c12. The van der Waals surface area contributed by atoms with E-state index in [1.54, 1.807) is 0 Å². The third-order valence-electron chi connectivity index (χ3n) is 2.45. The van der Waals surface area contributed by atoms with E-state index in [0.717, 1.165) is 10.6 Å². The minimum Gasteiger partial charge on any atom is -0.408 e. The normalized spacial score (nSPS) is 11.7. The van der Waals surface area contributed by atoms with Crippen molar-refractivity contribution in [2.45, 2.75) is 11.8 Å². The maximum absolute atomic E-state index is 11.4. The molecule has 1 aromatic heterocycles. The highest BCUT2D eigenvalue weighted by molar-refractivity contribution is 8.13. The average molecular weight is 305 g/mol. The first-order chi connectivity index (χ1) is 8.70. The lowest BCUT2D eigenvalue weighted by atomic mass is 10.2. The van der Waals surface area contributed by atoms with Crippen LogP contribution in [0, 0.1) is 0 Å². The summed E-state index contributed by atoms with van der Waals surface area (Å²) in [7, 11) is 2.68. The van der Waals surface area contributed by atoms with Gasteiger partial charge in [-0.25, -0.2) is 13.2 Å². The molecule has 7 nitrogen and oxygen atoms in total. The number of nitrogens with zero attached hydrogens (tertiary/aromatic N) is 1. The number of carbonyl (C=O) groups is 1. The van der Waals surface area contributed by atoms with Crippen LogP contribution in [0.4, 0.5) is 5.69 Å². The van der Waals surface area contributed by atoms with Gasteiger partial charge in [-0.15, -0.1) is 0 Å². The van der Waals surface area contributed by atoms with E-state index in [1.807, 2.05) is 0 Å². The van der Waals surface area contributed by atoms with Gasteiger partial charge >= 0.3 is 5.76 Å². The van der Waals surface area contributed by atoms with Crippen molar-refractivity contribution in [3.05, 3.63) is 22.7 Å². The van der Waals surface area contributed by atoms with Crippen LogP contribution in [0.1, 0.15) is 6.92 Å². The third-order valence-corrected chi connectivity index (χ3v) is 3.78. The first kappa shape index (κ1) is 13.6. The number of fused-ring (bicyclic) bond motifs is 1. The van der Waals surface area contributed by atoms with Gasteiger partial charge < -0.3 is 9.73 Å². The molecule has 1 amide bonds. The predicted octanol–water partition coefficient (Wildman–Crippen LogP) is 1.02. The highest BCUT2D eigenvalue weighted by Gasteiger charge is 2.19. The summed E-state index contributed by atoms with van der Waals surface area (Å²) in [4.78, 5) is 22.3. The van der Waals surface area contributed by atoms with Crippen molar-refractivity contribution in [2.24, 2.45) is 7.05 Å². The standard InChI is InChI=1S/C10H9ClN2O5S/c1-5(14)12-7-3-6(19(11,16)17)4-8-9(7)13(2)10(15)18-8/h3-4H,1-2H3,(H,12,14). The Morgan fingerprint density at radius 2 is 2.05 bits per heavy atom. The molecule has 9 heteroatoms. The van der Waals surface area contributed by atoms with Gasteiger partial charge in [-0.1, -0.05) is 0 Å². The molecule has 1 N–H and O–H groups in total. The second-order valence-corrected chi connectivity index (χ2v) is 6.43. The van der Waals surface area contributed by atoms with E-state index >= 15 is 0 Å². The fourth-order valence-corrected chi connectivity index (χ4v) is 2.46. The summed E-state index contributed by atoms with van der Waals surface area (Å²) < 4.78 is 28.7. The number of halogens is 1. The van der Waals surface area contributed by atoms with Crippen LogP contribution in [-0.2, 0) is 20.9 Å². The Labute approximate surface area is 112 Å². The zero-order valence-electron chi connectivity index (χ0n) is 9.93. The molecular weight excluding hydrogens is 296 g/mol. The van der Waals surface area contributed by atoms with Crippen LogP contribution in [0.25, 0.3) is 11.1 Å². The Balaban J connectivity index is 2.88. The number of aryl methyl sites for hydroxylation is 1. The summed E-state index contributed by atoms with van der Waals surface area (Å²) in [5.41, 5.74) is 0.444. The molecule has 0 radical (unpaired) electrons. The number of anilines is 1. The third kappa shape index (κ3) is 2.49. The van der Waals surface area contributed by atoms with E-state index < -0.39 is 20.7 Å². The number of aromatic nitrogens is 1. The molecular formula is C10H9ClN2O5S. The van der Waals surface area contributed by atoms with Crippen molar-refractivity contribution in [1.29, 1.82) is 0 Å². The van der Waals surface area contributed by atoms with Crippen LogP contribution in [0.15, 0.2) is 26.2 Å². The largest absolute Gasteiger partial charge is 0.419 e. The zero-order valence-corrected chi connectivity index (χ0v) is 11.5. The molecule has 1 heterocycles. The van der Waals surface area contributed by atoms with Crippen LogP contribution in [-0.4, -0.2) is 18.9 Å². The van der Waals surface area contributed by atoms with Crippen molar-refractivity contribution in [2.75, 3.05) is 5.32 Å². The first-order valence-corrected chi connectivity index (χ1v) is 7.37. The number of nitrogens with one attached hydrogen (secondary N) is 1. The molecule has 0 saturated heterocycles. The maximum Gasteiger partial charge on any atom is 0.419 e. The second-order valence-electron chi connectivity index (χ2n) is 3.86. The van der Waals surface area contributed by atoms with Gasteiger partial charge in [0.1, 0.15) is 5.52 Å². The van der Waals surface area contributed by atoms with E-state index in [-0.39, 0.29) is 21.7 Å². The minimum atomic E-state index is -4.01. The molecule has 0 aliphatic carbocycles. The van der Waals surface area contributed by atoms with Gasteiger partial charge in [-0.3, -0.25) is 9.36 Å². The van der Waals surface area contributed by atoms with E-state index in [2.05, 4.69) is 5.32 Å². The molecule has 2 aromatic rings. The number of hydrogen-bond donors (Lipinski definition) is 1. The van der Waals surface area contributed by atoms with Crippen LogP contribution in [0.5, 0.6) is 0 Å². The average Bonchev–Trinajstić information content (AvgIpc) is 2.52.